The molecule has 0 spiro atoms. The van der Waals surface area contributed by atoms with Crippen LogP contribution in [-0.4, -0.2) is 42.2 Å². The van der Waals surface area contributed by atoms with Crippen LogP contribution in [0, 0.1) is 0 Å². The summed E-state index contributed by atoms with van der Waals surface area (Å²) >= 11 is 0. The zero-order valence-corrected chi connectivity index (χ0v) is 18.9. The van der Waals surface area contributed by atoms with E-state index < -0.39 is 0 Å². The zero-order valence-electron chi connectivity index (χ0n) is 18.9. The van der Waals surface area contributed by atoms with Gasteiger partial charge in [-0.2, -0.15) is 0 Å². The van der Waals surface area contributed by atoms with Gasteiger partial charge in [-0.05, 0) is 54.6 Å². The van der Waals surface area contributed by atoms with E-state index in [-0.39, 0.29) is 5.91 Å². The van der Waals surface area contributed by atoms with Crippen LogP contribution in [0.5, 0.6) is 17.2 Å². The summed E-state index contributed by atoms with van der Waals surface area (Å²) in [5.41, 5.74) is 2.67. The van der Waals surface area contributed by atoms with E-state index >= 15 is 0 Å². The lowest BCUT2D eigenvalue weighted by atomic mass is 10.1. The summed E-state index contributed by atoms with van der Waals surface area (Å²) in [4.78, 5) is 27.7. The van der Waals surface area contributed by atoms with Gasteiger partial charge in [0, 0.05) is 41.7 Å². The van der Waals surface area contributed by atoms with Crippen molar-refractivity contribution in [2.24, 2.45) is 0 Å². The van der Waals surface area contributed by atoms with Crippen LogP contribution in [-0.2, 0) is 0 Å². The number of ether oxygens (including phenoxy) is 3. The highest BCUT2D eigenvalue weighted by Gasteiger charge is 2.18. The Kier molecular flexibility index (Phi) is 6.83. The number of methoxy groups -OCH3 is 3. The van der Waals surface area contributed by atoms with E-state index in [1.807, 2.05) is 41.3 Å². The molecule has 0 radical (unpaired) electrons. The maximum atomic E-state index is 12.9. The molecule has 0 aliphatic heterocycles. The molecular formula is C25H23N5O4. The molecule has 9 nitrogen and oxygen atoms in total. The van der Waals surface area contributed by atoms with Crippen molar-refractivity contribution in [3.8, 4) is 17.2 Å². The van der Waals surface area contributed by atoms with Crippen LogP contribution in [0.25, 0.3) is 0 Å². The second-order valence-corrected chi connectivity index (χ2v) is 7.00. The Hall–Kier alpha value is -4.66. The average Bonchev–Trinajstić information content (AvgIpc) is 2.90. The minimum atomic E-state index is -0.315. The molecule has 1 N–H and O–H groups in total. The number of aromatic nitrogens is 3. The molecule has 0 unspecified atom stereocenters. The van der Waals surface area contributed by atoms with Crippen LogP contribution in [0.15, 0.2) is 79.4 Å². The maximum Gasteiger partial charge on any atom is 0.255 e. The van der Waals surface area contributed by atoms with Gasteiger partial charge < -0.3 is 19.5 Å². The number of carbonyl (C=O) groups is 1. The van der Waals surface area contributed by atoms with Crippen molar-refractivity contribution >= 4 is 28.9 Å². The predicted molar refractivity (Wildman–Crippen MR) is 129 cm³/mol. The molecule has 0 bridgehead atoms. The fraction of sp³-hybridized carbons (Fsp3) is 0.120. The molecule has 9 heteroatoms. The number of pyridine rings is 1. The highest BCUT2D eigenvalue weighted by Crippen LogP contribution is 2.38. The van der Waals surface area contributed by atoms with Crippen molar-refractivity contribution in [2.75, 3.05) is 31.5 Å². The summed E-state index contributed by atoms with van der Waals surface area (Å²) in [6, 6.07) is 16.1. The molecule has 0 atom stereocenters. The molecule has 0 aliphatic carbocycles. The Morgan fingerprint density at radius 2 is 1.38 bits per heavy atom. The van der Waals surface area contributed by atoms with Crippen LogP contribution in [0.1, 0.15) is 10.4 Å². The number of benzene rings is 2. The minimum absolute atomic E-state index is 0.315. The second kappa shape index (κ2) is 10.3. The van der Waals surface area contributed by atoms with Gasteiger partial charge in [-0.25, -0.2) is 9.97 Å². The molecule has 2 aromatic heterocycles. The van der Waals surface area contributed by atoms with Crippen molar-refractivity contribution in [1.29, 1.82) is 0 Å². The Bertz CT molecular complexity index is 1190. The van der Waals surface area contributed by atoms with Gasteiger partial charge in [-0.15, -0.1) is 0 Å². The number of hydrogen-bond donors (Lipinski definition) is 1. The minimum Gasteiger partial charge on any atom is -0.493 e. The zero-order chi connectivity index (χ0) is 23.9. The highest BCUT2D eigenvalue weighted by atomic mass is 16.5. The number of rotatable bonds is 8. The number of amides is 1. The van der Waals surface area contributed by atoms with Gasteiger partial charge in [0.2, 0.25) is 11.7 Å². The summed E-state index contributed by atoms with van der Waals surface area (Å²) in [5.74, 6) is 1.42. The molecule has 34 heavy (non-hydrogen) atoms. The predicted octanol–water partition coefficient (Wildman–Crippen LogP) is 4.62. The van der Waals surface area contributed by atoms with Crippen molar-refractivity contribution in [3.05, 3.63) is 84.9 Å². The van der Waals surface area contributed by atoms with Gasteiger partial charge in [0.15, 0.2) is 11.5 Å². The van der Waals surface area contributed by atoms with E-state index in [4.69, 9.17) is 14.2 Å². The van der Waals surface area contributed by atoms with Gasteiger partial charge in [-0.3, -0.25) is 14.7 Å². The molecule has 172 valence electrons. The van der Waals surface area contributed by atoms with Crippen LogP contribution in [0.4, 0.5) is 23.0 Å². The van der Waals surface area contributed by atoms with E-state index in [1.165, 1.54) is 21.3 Å². The first kappa shape index (κ1) is 22.5. The number of carbonyl (C=O) groups excluding carboxylic acids is 1. The first-order valence-electron chi connectivity index (χ1n) is 10.3. The third-order valence-electron chi connectivity index (χ3n) is 4.98. The molecule has 2 heterocycles. The SMILES string of the molecule is COc1cc(C(=O)Nc2ccc(N(c3ccncc3)c3ncccn3)cc2)cc(OC)c1OC. The lowest BCUT2D eigenvalue weighted by Crippen LogP contribution is -2.14. The van der Waals surface area contributed by atoms with Crippen molar-refractivity contribution in [3.63, 3.8) is 0 Å². The molecule has 1 amide bonds. The van der Waals surface area contributed by atoms with Gasteiger partial charge in [0.05, 0.1) is 27.0 Å². The number of anilines is 4. The fourth-order valence-electron chi connectivity index (χ4n) is 3.39. The van der Waals surface area contributed by atoms with Crippen LogP contribution < -0.4 is 24.4 Å². The van der Waals surface area contributed by atoms with E-state index in [2.05, 4.69) is 20.3 Å². The van der Waals surface area contributed by atoms with Gasteiger partial charge >= 0.3 is 0 Å². The lowest BCUT2D eigenvalue weighted by molar-refractivity contribution is 0.102. The van der Waals surface area contributed by atoms with Crippen LogP contribution >= 0.6 is 0 Å². The molecule has 2 aromatic carbocycles. The summed E-state index contributed by atoms with van der Waals surface area (Å²) in [6.45, 7) is 0. The normalized spacial score (nSPS) is 10.3. The van der Waals surface area contributed by atoms with Gasteiger partial charge in [-0.1, -0.05) is 0 Å². The average molecular weight is 457 g/mol. The topological polar surface area (TPSA) is 98.7 Å². The Morgan fingerprint density at radius 1 is 0.794 bits per heavy atom. The number of nitrogens with one attached hydrogen (secondary N) is 1. The van der Waals surface area contributed by atoms with Crippen molar-refractivity contribution < 1.29 is 19.0 Å². The Balaban J connectivity index is 1.60. The quantitative estimate of drug-likeness (QED) is 0.409. The summed E-state index contributed by atoms with van der Waals surface area (Å²) in [5, 5.41) is 2.89. The third-order valence-corrected chi connectivity index (χ3v) is 4.98. The molecular weight excluding hydrogens is 434 g/mol. The van der Waals surface area contributed by atoms with Crippen molar-refractivity contribution in [1.82, 2.24) is 15.0 Å². The molecule has 0 saturated carbocycles. The van der Waals surface area contributed by atoms with Gasteiger partial charge in [0.1, 0.15) is 0 Å². The van der Waals surface area contributed by atoms with E-state index in [0.29, 0.717) is 34.4 Å². The second-order valence-electron chi connectivity index (χ2n) is 7.00. The largest absolute Gasteiger partial charge is 0.493 e. The Morgan fingerprint density at radius 3 is 1.94 bits per heavy atom. The molecule has 4 aromatic rings. The third kappa shape index (κ3) is 4.73. The summed E-state index contributed by atoms with van der Waals surface area (Å²) in [6.07, 6.45) is 6.78. The standard InChI is InChI=1S/C25H23N5O4/c1-32-21-15-17(16-22(33-2)23(21)34-3)24(31)29-18-5-7-19(8-6-18)30(20-9-13-26-14-10-20)25-27-11-4-12-28-25/h4-16H,1-3H3,(H,29,31). The van der Waals surface area contributed by atoms with Gasteiger partial charge in [0.25, 0.3) is 5.91 Å². The smallest absolute Gasteiger partial charge is 0.255 e. The first-order chi connectivity index (χ1) is 16.6. The van der Waals surface area contributed by atoms with E-state index in [9.17, 15) is 4.79 Å². The maximum absolute atomic E-state index is 12.9. The fourth-order valence-corrected chi connectivity index (χ4v) is 3.39. The Labute approximate surface area is 197 Å². The van der Waals surface area contributed by atoms with Crippen LogP contribution in [0.3, 0.4) is 0 Å². The summed E-state index contributed by atoms with van der Waals surface area (Å²) in [7, 11) is 4.52. The monoisotopic (exact) mass is 457 g/mol. The first-order valence-corrected chi connectivity index (χ1v) is 10.3. The van der Waals surface area contributed by atoms with E-state index in [0.717, 1.165) is 11.4 Å². The van der Waals surface area contributed by atoms with Crippen molar-refractivity contribution in [2.45, 2.75) is 0 Å². The highest BCUT2D eigenvalue weighted by molar-refractivity contribution is 6.05. The molecule has 0 saturated heterocycles. The number of nitrogens with zero attached hydrogens (tertiary/aromatic N) is 4. The molecule has 4 rings (SSSR count). The molecule has 0 aliphatic rings. The van der Waals surface area contributed by atoms with E-state index in [1.54, 1.807) is 43.0 Å². The molecule has 0 fully saturated rings. The summed E-state index contributed by atoms with van der Waals surface area (Å²) < 4.78 is 16.0. The van der Waals surface area contributed by atoms with Crippen LogP contribution in [0.2, 0.25) is 0 Å². The lowest BCUT2D eigenvalue weighted by Gasteiger charge is -2.22. The number of hydrogen-bond acceptors (Lipinski definition) is 8.